The summed E-state index contributed by atoms with van der Waals surface area (Å²) in [6.45, 7) is 1.79. The summed E-state index contributed by atoms with van der Waals surface area (Å²) in [7, 11) is 1.42. The Kier molecular flexibility index (Phi) is 12.3. The number of methoxy groups -OCH3 is 1. The van der Waals surface area contributed by atoms with Crippen LogP contribution in [0.5, 0.6) is 11.5 Å². The Balaban J connectivity index is 2.01. The number of rotatable bonds is 13. The van der Waals surface area contributed by atoms with E-state index in [2.05, 4.69) is 5.32 Å². The van der Waals surface area contributed by atoms with E-state index in [1.54, 1.807) is 24.3 Å². The highest BCUT2D eigenvalue weighted by Crippen LogP contribution is 2.37. The maximum atomic E-state index is 13.8. The second kappa shape index (κ2) is 15.6. The number of nitrogens with zero attached hydrogens (tertiary/aromatic N) is 1. The summed E-state index contributed by atoms with van der Waals surface area (Å²) in [6, 6.07) is 8.29. The molecule has 3 N–H and O–H groups in total. The van der Waals surface area contributed by atoms with Crippen molar-refractivity contribution < 1.29 is 38.5 Å². The average molecular weight is 681 g/mol. The summed E-state index contributed by atoms with van der Waals surface area (Å²) in [4.78, 5) is 39.2. The van der Waals surface area contributed by atoms with Crippen molar-refractivity contribution in [2.75, 3.05) is 26.8 Å². The number of ether oxygens (including phenoxy) is 2. The van der Waals surface area contributed by atoms with Crippen molar-refractivity contribution in [1.82, 2.24) is 10.2 Å². The monoisotopic (exact) mass is 680 g/mol. The molecule has 3 atom stereocenters. The third-order valence-electron chi connectivity index (χ3n) is 6.57. The lowest BCUT2D eigenvalue weighted by Gasteiger charge is -2.40. The Bertz CT molecular complexity index is 1300. The molecule has 2 aromatic carbocycles. The largest absolute Gasteiger partial charge is 0.493 e. The van der Waals surface area contributed by atoms with Gasteiger partial charge < -0.3 is 29.9 Å². The predicted octanol–water partition coefficient (Wildman–Crippen LogP) is 3.20. The van der Waals surface area contributed by atoms with E-state index in [-0.39, 0.29) is 49.1 Å². The van der Waals surface area contributed by atoms with E-state index in [4.69, 9.17) is 9.47 Å². The Morgan fingerprint density at radius 2 is 2.05 bits per heavy atom. The lowest BCUT2D eigenvalue weighted by molar-refractivity contribution is -0.133. The molecule has 0 radical (unpaired) electrons. The van der Waals surface area contributed by atoms with Crippen LogP contribution in [0.25, 0.3) is 0 Å². The SMILES string of the molecule is CCC=CC(=O)N(CCc1cccc(F)c1)[C@@H]1CC(C(=O)NCCO)=C[C@H](Oc2c(I)cc(C=O)cc2OC)[C@H]1O. The molecule has 0 aromatic heterocycles. The Morgan fingerprint density at radius 1 is 1.27 bits per heavy atom. The third kappa shape index (κ3) is 8.60. The number of carbonyl (C=O) groups excluding carboxylic acids is 3. The second-order valence-electron chi connectivity index (χ2n) is 9.39. The fourth-order valence-electron chi connectivity index (χ4n) is 4.53. The number of allylic oxidation sites excluding steroid dienone is 1. The van der Waals surface area contributed by atoms with Crippen molar-refractivity contribution in [3.63, 3.8) is 0 Å². The molecule has 1 aliphatic carbocycles. The fourth-order valence-corrected chi connectivity index (χ4v) is 5.29. The van der Waals surface area contributed by atoms with Crippen molar-refractivity contribution in [3.8, 4) is 11.5 Å². The molecule has 0 heterocycles. The first kappa shape index (κ1) is 32.2. The van der Waals surface area contributed by atoms with Crippen LogP contribution in [0.2, 0.25) is 0 Å². The number of hydrogen-bond acceptors (Lipinski definition) is 7. The van der Waals surface area contributed by atoms with Crippen LogP contribution < -0.4 is 14.8 Å². The Hall–Kier alpha value is -3.29. The van der Waals surface area contributed by atoms with Crippen LogP contribution in [0.1, 0.15) is 35.7 Å². The molecular formula is C30H34FIN2O7. The van der Waals surface area contributed by atoms with Crippen molar-refractivity contribution in [3.05, 3.63) is 80.7 Å². The molecule has 0 bridgehead atoms. The van der Waals surface area contributed by atoms with E-state index in [1.165, 1.54) is 42.4 Å². The van der Waals surface area contributed by atoms with Crippen LogP contribution >= 0.6 is 22.6 Å². The maximum Gasteiger partial charge on any atom is 0.247 e. The molecule has 9 nitrogen and oxygen atoms in total. The van der Waals surface area contributed by atoms with Gasteiger partial charge in [0.05, 0.1) is 23.3 Å². The predicted molar refractivity (Wildman–Crippen MR) is 159 cm³/mol. The first-order valence-electron chi connectivity index (χ1n) is 13.2. The minimum Gasteiger partial charge on any atom is -0.493 e. The number of hydrogen-bond donors (Lipinski definition) is 3. The molecule has 220 valence electrons. The van der Waals surface area contributed by atoms with Crippen LogP contribution in [0.15, 0.2) is 60.2 Å². The molecule has 2 aromatic rings. The van der Waals surface area contributed by atoms with Gasteiger partial charge in [-0.3, -0.25) is 14.4 Å². The number of halogens is 2. The number of aliphatic hydroxyl groups excluding tert-OH is 2. The van der Waals surface area contributed by atoms with E-state index in [9.17, 15) is 29.0 Å². The molecule has 0 fully saturated rings. The summed E-state index contributed by atoms with van der Waals surface area (Å²) < 4.78 is 26.0. The summed E-state index contributed by atoms with van der Waals surface area (Å²) in [5.41, 5.74) is 1.31. The van der Waals surface area contributed by atoms with Crippen LogP contribution in [0.4, 0.5) is 4.39 Å². The average Bonchev–Trinajstić information content (AvgIpc) is 2.97. The highest BCUT2D eigenvalue weighted by molar-refractivity contribution is 14.1. The number of benzene rings is 2. The standard InChI is InChI=1S/C30H34FIN2O7/c1-3-4-8-27(37)34(11-9-19-6-5-7-22(31)13-19)24-16-21(30(39)33-10-12-35)17-25(28(24)38)41-29-23(32)14-20(18-36)15-26(29)40-2/h4-8,13-15,17-18,24-25,28,35,38H,3,9-12,16H2,1-2H3,(H,33,39)/t24-,25+,28+/m1/s1. The molecule has 0 saturated carbocycles. The number of amides is 2. The van der Waals surface area contributed by atoms with E-state index in [0.29, 0.717) is 33.8 Å². The highest BCUT2D eigenvalue weighted by Gasteiger charge is 2.40. The third-order valence-corrected chi connectivity index (χ3v) is 7.37. The Morgan fingerprint density at radius 3 is 2.71 bits per heavy atom. The molecule has 0 aliphatic heterocycles. The van der Waals surface area contributed by atoms with Gasteiger partial charge in [0.25, 0.3) is 0 Å². The quantitative estimate of drug-likeness (QED) is 0.169. The summed E-state index contributed by atoms with van der Waals surface area (Å²) in [6.07, 6.45) is 3.90. The van der Waals surface area contributed by atoms with Gasteiger partial charge in [-0.15, -0.1) is 0 Å². The maximum absolute atomic E-state index is 13.8. The first-order chi connectivity index (χ1) is 19.7. The molecule has 41 heavy (non-hydrogen) atoms. The summed E-state index contributed by atoms with van der Waals surface area (Å²) in [5.74, 6) is -0.710. The van der Waals surface area contributed by atoms with E-state index in [1.807, 2.05) is 29.5 Å². The second-order valence-corrected chi connectivity index (χ2v) is 10.6. The van der Waals surface area contributed by atoms with Gasteiger partial charge in [-0.05, 0) is 77.4 Å². The number of carbonyl (C=O) groups is 3. The molecule has 0 spiro atoms. The van der Waals surface area contributed by atoms with Crippen molar-refractivity contribution in [2.45, 2.75) is 44.4 Å². The van der Waals surface area contributed by atoms with E-state index in [0.717, 1.165) is 0 Å². The molecule has 11 heteroatoms. The van der Waals surface area contributed by atoms with Crippen molar-refractivity contribution in [2.24, 2.45) is 0 Å². The lowest BCUT2D eigenvalue weighted by Crippen LogP contribution is -2.55. The summed E-state index contributed by atoms with van der Waals surface area (Å²) >= 11 is 1.99. The molecule has 0 unspecified atom stereocenters. The van der Waals surface area contributed by atoms with Gasteiger partial charge in [0.2, 0.25) is 11.8 Å². The van der Waals surface area contributed by atoms with Gasteiger partial charge in [-0.2, -0.15) is 0 Å². The van der Waals surface area contributed by atoms with Crippen LogP contribution in [-0.2, 0) is 16.0 Å². The van der Waals surface area contributed by atoms with Gasteiger partial charge in [-0.1, -0.05) is 25.1 Å². The molecule has 2 amide bonds. The number of nitrogens with one attached hydrogen (secondary N) is 1. The highest BCUT2D eigenvalue weighted by atomic mass is 127. The van der Waals surface area contributed by atoms with Crippen molar-refractivity contribution in [1.29, 1.82) is 0 Å². The summed E-state index contributed by atoms with van der Waals surface area (Å²) in [5, 5.41) is 23.4. The minimum atomic E-state index is -1.26. The van der Waals surface area contributed by atoms with Gasteiger partial charge in [0, 0.05) is 30.6 Å². The Labute approximate surface area is 252 Å². The van der Waals surface area contributed by atoms with Gasteiger partial charge in [0.1, 0.15) is 24.3 Å². The van der Waals surface area contributed by atoms with Crippen LogP contribution in [-0.4, -0.2) is 78.3 Å². The zero-order chi connectivity index (χ0) is 29.9. The number of aliphatic hydroxyl groups is 2. The zero-order valence-electron chi connectivity index (χ0n) is 22.9. The smallest absolute Gasteiger partial charge is 0.247 e. The normalized spacial score (nSPS) is 18.5. The topological polar surface area (TPSA) is 125 Å². The molecule has 0 saturated heterocycles. The molecule has 1 aliphatic rings. The van der Waals surface area contributed by atoms with E-state index >= 15 is 0 Å². The lowest BCUT2D eigenvalue weighted by atomic mass is 9.87. The van der Waals surface area contributed by atoms with Gasteiger partial charge in [0.15, 0.2) is 11.5 Å². The van der Waals surface area contributed by atoms with Gasteiger partial charge in [-0.25, -0.2) is 4.39 Å². The zero-order valence-corrected chi connectivity index (χ0v) is 25.0. The van der Waals surface area contributed by atoms with Crippen LogP contribution in [0, 0.1) is 9.39 Å². The fraction of sp³-hybridized carbons (Fsp3) is 0.367. The van der Waals surface area contributed by atoms with Gasteiger partial charge >= 0.3 is 0 Å². The first-order valence-corrected chi connectivity index (χ1v) is 14.3. The minimum absolute atomic E-state index is 0.0193. The van der Waals surface area contributed by atoms with Crippen molar-refractivity contribution >= 4 is 40.7 Å². The number of aldehydes is 1. The molecule has 3 rings (SSSR count). The van der Waals surface area contributed by atoms with Crippen LogP contribution in [0.3, 0.4) is 0 Å². The van der Waals surface area contributed by atoms with E-state index < -0.39 is 30.0 Å². The molecular weight excluding hydrogens is 646 g/mol.